The van der Waals surface area contributed by atoms with Crippen LogP contribution >= 0.6 is 34.8 Å². The molecular formula is C16H14Cl3FN2O. The van der Waals surface area contributed by atoms with E-state index < -0.39 is 21.7 Å². The highest BCUT2D eigenvalue weighted by molar-refractivity contribution is 6.68. The van der Waals surface area contributed by atoms with Crippen molar-refractivity contribution in [2.75, 3.05) is 5.32 Å². The average molecular weight is 376 g/mol. The van der Waals surface area contributed by atoms with Crippen molar-refractivity contribution in [3.63, 3.8) is 0 Å². The first-order chi connectivity index (χ1) is 10.8. The van der Waals surface area contributed by atoms with Gasteiger partial charge in [-0.05, 0) is 31.2 Å². The highest BCUT2D eigenvalue weighted by Gasteiger charge is 2.34. The lowest BCUT2D eigenvalue weighted by molar-refractivity contribution is 0.0941. The molecule has 0 bridgehead atoms. The van der Waals surface area contributed by atoms with Crippen LogP contribution in [0.25, 0.3) is 0 Å². The fourth-order valence-corrected chi connectivity index (χ4v) is 2.18. The summed E-state index contributed by atoms with van der Waals surface area (Å²) in [5.41, 5.74) is 1.54. The van der Waals surface area contributed by atoms with Crippen LogP contribution < -0.4 is 10.6 Å². The Balaban J connectivity index is 2.18. The van der Waals surface area contributed by atoms with Crippen LogP contribution in [-0.2, 0) is 0 Å². The van der Waals surface area contributed by atoms with Gasteiger partial charge in [-0.15, -0.1) is 0 Å². The molecule has 2 aromatic rings. The average Bonchev–Trinajstić information content (AvgIpc) is 2.48. The summed E-state index contributed by atoms with van der Waals surface area (Å²) < 4.78 is 11.9. The maximum Gasteiger partial charge on any atom is 0.252 e. The van der Waals surface area contributed by atoms with Crippen LogP contribution in [0.15, 0.2) is 48.5 Å². The quantitative estimate of drug-likeness (QED) is 0.602. The van der Waals surface area contributed by atoms with E-state index in [1.807, 2.05) is 6.92 Å². The third-order valence-electron chi connectivity index (χ3n) is 3.09. The van der Waals surface area contributed by atoms with Gasteiger partial charge in [0.25, 0.3) is 5.91 Å². The Morgan fingerprint density at radius 1 is 1.09 bits per heavy atom. The normalized spacial score (nSPS) is 12.6. The highest BCUT2D eigenvalue weighted by atomic mass is 35.6. The number of rotatable bonds is 4. The van der Waals surface area contributed by atoms with E-state index in [0.29, 0.717) is 5.56 Å². The molecule has 0 aromatic heterocycles. The number of para-hydroxylation sites is 1. The van der Waals surface area contributed by atoms with Gasteiger partial charge in [-0.2, -0.15) is 0 Å². The van der Waals surface area contributed by atoms with Crippen molar-refractivity contribution in [3.8, 4) is 0 Å². The Morgan fingerprint density at radius 2 is 1.70 bits per heavy atom. The minimum atomic E-state index is -1.87. The zero-order chi connectivity index (χ0) is 17.0. The molecule has 0 fully saturated rings. The van der Waals surface area contributed by atoms with Gasteiger partial charge in [0.1, 0.15) is 12.0 Å². The maximum absolute atomic E-state index is 13.7. The van der Waals surface area contributed by atoms with E-state index in [0.717, 1.165) is 5.56 Å². The predicted molar refractivity (Wildman–Crippen MR) is 92.7 cm³/mol. The molecule has 2 aromatic carbocycles. The van der Waals surface area contributed by atoms with Gasteiger partial charge in [0, 0.05) is 5.56 Å². The molecule has 0 aliphatic carbocycles. The topological polar surface area (TPSA) is 41.1 Å². The second kappa shape index (κ2) is 7.39. The summed E-state index contributed by atoms with van der Waals surface area (Å²) >= 11 is 17.7. The largest absolute Gasteiger partial charge is 0.359 e. The summed E-state index contributed by atoms with van der Waals surface area (Å²) in [6.45, 7) is 1.91. The van der Waals surface area contributed by atoms with Gasteiger partial charge in [0.05, 0.1) is 5.69 Å². The van der Waals surface area contributed by atoms with Crippen LogP contribution in [0.3, 0.4) is 0 Å². The first kappa shape index (κ1) is 17.9. The van der Waals surface area contributed by atoms with Crippen molar-refractivity contribution >= 4 is 46.4 Å². The van der Waals surface area contributed by atoms with Gasteiger partial charge in [0.2, 0.25) is 3.79 Å². The molecule has 0 saturated heterocycles. The van der Waals surface area contributed by atoms with Crippen LogP contribution in [0.5, 0.6) is 0 Å². The molecule has 0 saturated carbocycles. The van der Waals surface area contributed by atoms with Crippen LogP contribution in [0.1, 0.15) is 15.9 Å². The molecule has 23 heavy (non-hydrogen) atoms. The second-order valence-electron chi connectivity index (χ2n) is 4.94. The van der Waals surface area contributed by atoms with Gasteiger partial charge in [0.15, 0.2) is 0 Å². The lowest BCUT2D eigenvalue weighted by Crippen LogP contribution is -2.49. The maximum atomic E-state index is 13.7. The molecule has 3 nitrogen and oxygen atoms in total. The summed E-state index contributed by atoms with van der Waals surface area (Å²) in [6, 6.07) is 12.8. The first-order valence-electron chi connectivity index (χ1n) is 6.72. The minimum absolute atomic E-state index is 0.119. The molecule has 1 atom stereocenters. The molecule has 0 spiro atoms. The number of nitrogens with one attached hydrogen (secondary N) is 2. The van der Waals surface area contributed by atoms with Crippen molar-refractivity contribution in [1.82, 2.24) is 5.32 Å². The van der Waals surface area contributed by atoms with E-state index >= 15 is 0 Å². The van der Waals surface area contributed by atoms with E-state index in [4.69, 9.17) is 34.8 Å². The van der Waals surface area contributed by atoms with Gasteiger partial charge in [-0.1, -0.05) is 64.6 Å². The molecular weight excluding hydrogens is 362 g/mol. The molecule has 1 amide bonds. The Bertz CT molecular complexity index is 686. The number of hydrogen-bond acceptors (Lipinski definition) is 2. The third kappa shape index (κ3) is 4.99. The van der Waals surface area contributed by atoms with Crippen LogP contribution in [-0.4, -0.2) is 15.9 Å². The number of hydrogen-bond donors (Lipinski definition) is 2. The number of halogens is 4. The molecule has 2 rings (SSSR count). The predicted octanol–water partition coefficient (Wildman–Crippen LogP) is 4.67. The van der Waals surface area contributed by atoms with Crippen molar-refractivity contribution < 1.29 is 9.18 Å². The Kier molecular flexibility index (Phi) is 5.74. The van der Waals surface area contributed by atoms with E-state index in [-0.39, 0.29) is 5.69 Å². The fraction of sp³-hybridized carbons (Fsp3) is 0.188. The highest BCUT2D eigenvalue weighted by Crippen LogP contribution is 2.31. The van der Waals surface area contributed by atoms with E-state index in [1.165, 1.54) is 18.2 Å². The zero-order valence-electron chi connectivity index (χ0n) is 12.1. The molecule has 2 N–H and O–H groups in total. The summed E-state index contributed by atoms with van der Waals surface area (Å²) in [6.07, 6.45) is -1.11. The smallest absolute Gasteiger partial charge is 0.252 e. The molecule has 7 heteroatoms. The fourth-order valence-electron chi connectivity index (χ4n) is 1.85. The van der Waals surface area contributed by atoms with E-state index in [9.17, 15) is 9.18 Å². The molecule has 122 valence electrons. The SMILES string of the molecule is Cc1ccc(C(=O)NC(Nc2ccccc2F)C(Cl)(Cl)Cl)cc1. The molecule has 0 aliphatic heterocycles. The summed E-state index contributed by atoms with van der Waals surface area (Å²) in [5.74, 6) is -0.957. The van der Waals surface area contributed by atoms with Gasteiger partial charge in [-0.25, -0.2) is 4.39 Å². The van der Waals surface area contributed by atoms with E-state index in [1.54, 1.807) is 30.3 Å². The lowest BCUT2D eigenvalue weighted by atomic mass is 10.1. The Morgan fingerprint density at radius 3 is 2.26 bits per heavy atom. The molecule has 0 radical (unpaired) electrons. The second-order valence-corrected chi connectivity index (χ2v) is 7.31. The number of carbonyl (C=O) groups is 1. The lowest BCUT2D eigenvalue weighted by Gasteiger charge is -2.27. The summed E-state index contributed by atoms with van der Waals surface area (Å²) in [5, 5.41) is 5.25. The van der Waals surface area contributed by atoms with E-state index in [2.05, 4.69) is 10.6 Å². The van der Waals surface area contributed by atoms with Crippen molar-refractivity contribution in [2.24, 2.45) is 0 Å². The number of anilines is 1. The van der Waals surface area contributed by atoms with Gasteiger partial charge < -0.3 is 10.6 Å². The van der Waals surface area contributed by atoms with Crippen molar-refractivity contribution in [1.29, 1.82) is 0 Å². The Labute approximate surface area is 148 Å². The number of aryl methyl sites for hydroxylation is 1. The van der Waals surface area contributed by atoms with Crippen LogP contribution in [0.4, 0.5) is 10.1 Å². The third-order valence-corrected chi connectivity index (χ3v) is 3.74. The number of benzene rings is 2. The number of carbonyl (C=O) groups excluding carboxylic acids is 1. The minimum Gasteiger partial charge on any atom is -0.359 e. The summed E-state index contributed by atoms with van der Waals surface area (Å²) in [7, 11) is 0. The number of alkyl halides is 3. The van der Waals surface area contributed by atoms with Crippen molar-refractivity contribution in [3.05, 3.63) is 65.5 Å². The van der Waals surface area contributed by atoms with Crippen molar-refractivity contribution in [2.45, 2.75) is 16.9 Å². The van der Waals surface area contributed by atoms with Gasteiger partial charge >= 0.3 is 0 Å². The van der Waals surface area contributed by atoms with Crippen LogP contribution in [0, 0.1) is 12.7 Å². The monoisotopic (exact) mass is 374 g/mol. The standard InChI is InChI=1S/C16H14Cl3FN2O/c1-10-6-8-11(9-7-10)14(23)22-15(16(17,18)19)21-13-5-3-2-4-12(13)20/h2-9,15,21H,1H3,(H,22,23). The first-order valence-corrected chi connectivity index (χ1v) is 7.86. The molecule has 1 unspecified atom stereocenters. The summed E-state index contributed by atoms with van der Waals surface area (Å²) in [4.78, 5) is 12.3. The Hall–Kier alpha value is -1.49. The molecule has 0 aliphatic rings. The zero-order valence-corrected chi connectivity index (χ0v) is 14.4. The number of amides is 1. The van der Waals surface area contributed by atoms with Crippen LogP contribution in [0.2, 0.25) is 0 Å². The van der Waals surface area contributed by atoms with Gasteiger partial charge in [-0.3, -0.25) is 4.79 Å². The molecule has 0 heterocycles.